The zero-order valence-corrected chi connectivity index (χ0v) is 10.8. The fourth-order valence-electron chi connectivity index (χ4n) is 3.40. The van der Waals surface area contributed by atoms with Gasteiger partial charge in [0.25, 0.3) is 0 Å². The van der Waals surface area contributed by atoms with Gasteiger partial charge in [0.05, 0.1) is 5.75 Å². The maximum Gasteiger partial charge on any atom is 0.214 e. The van der Waals surface area contributed by atoms with Gasteiger partial charge in [0.1, 0.15) is 0 Å². The number of hydrogen-bond acceptors (Lipinski definition) is 3. The molecule has 1 aliphatic carbocycles. The fraction of sp³-hybridized carbons (Fsp3) is 1.00. The molecule has 0 unspecified atom stereocenters. The Labute approximate surface area is 98.2 Å². The molecule has 2 fully saturated rings. The van der Waals surface area contributed by atoms with Crippen LogP contribution in [0, 0.1) is 5.41 Å². The van der Waals surface area contributed by atoms with E-state index in [-0.39, 0.29) is 17.2 Å². The van der Waals surface area contributed by atoms with Crippen LogP contribution >= 0.6 is 0 Å². The summed E-state index contributed by atoms with van der Waals surface area (Å²) in [5.41, 5.74) is 5.97. The van der Waals surface area contributed by atoms with Crippen molar-refractivity contribution in [1.29, 1.82) is 0 Å². The molecule has 16 heavy (non-hydrogen) atoms. The Morgan fingerprint density at radius 3 is 2.81 bits per heavy atom. The first-order valence-corrected chi connectivity index (χ1v) is 7.86. The Bertz CT molecular complexity index is 355. The molecule has 4 nitrogen and oxygen atoms in total. The third kappa shape index (κ3) is 1.79. The summed E-state index contributed by atoms with van der Waals surface area (Å²) in [7, 11) is -3.03. The minimum Gasteiger partial charge on any atom is -0.330 e. The SMILES string of the molecule is CCCS(=O)(=O)N1CC[C@]2(CN)CCC[C@H]12. The van der Waals surface area contributed by atoms with Crippen molar-refractivity contribution in [2.45, 2.75) is 45.1 Å². The van der Waals surface area contributed by atoms with Gasteiger partial charge in [-0.2, -0.15) is 4.31 Å². The summed E-state index contributed by atoms with van der Waals surface area (Å²) in [6.45, 7) is 3.23. The predicted molar refractivity (Wildman–Crippen MR) is 64.5 cm³/mol. The normalized spacial score (nSPS) is 35.5. The quantitative estimate of drug-likeness (QED) is 0.802. The summed E-state index contributed by atoms with van der Waals surface area (Å²) in [4.78, 5) is 0. The topological polar surface area (TPSA) is 63.4 Å². The number of sulfonamides is 1. The first-order valence-electron chi connectivity index (χ1n) is 6.25. The van der Waals surface area contributed by atoms with E-state index in [0.717, 1.165) is 25.7 Å². The highest BCUT2D eigenvalue weighted by Gasteiger charge is 2.52. The molecular formula is C11H22N2O2S. The number of rotatable bonds is 4. The van der Waals surface area contributed by atoms with Crippen LogP contribution in [0.3, 0.4) is 0 Å². The maximum absolute atomic E-state index is 12.1. The molecule has 1 saturated heterocycles. The molecule has 2 rings (SSSR count). The minimum absolute atomic E-state index is 0.0980. The minimum atomic E-state index is -3.03. The zero-order valence-electron chi connectivity index (χ0n) is 9.98. The van der Waals surface area contributed by atoms with Crippen LogP contribution in [0.4, 0.5) is 0 Å². The van der Waals surface area contributed by atoms with Crippen LogP contribution in [0.1, 0.15) is 39.0 Å². The van der Waals surface area contributed by atoms with Gasteiger partial charge in [-0.1, -0.05) is 13.3 Å². The van der Waals surface area contributed by atoms with Gasteiger partial charge in [-0.15, -0.1) is 0 Å². The molecular weight excluding hydrogens is 224 g/mol. The monoisotopic (exact) mass is 246 g/mol. The first-order chi connectivity index (χ1) is 7.56. The third-order valence-electron chi connectivity index (χ3n) is 4.26. The van der Waals surface area contributed by atoms with Crippen molar-refractivity contribution in [3.8, 4) is 0 Å². The molecule has 0 aromatic carbocycles. The van der Waals surface area contributed by atoms with Crippen LogP contribution in [0.25, 0.3) is 0 Å². The van der Waals surface area contributed by atoms with Crippen LogP contribution in [-0.4, -0.2) is 37.6 Å². The Kier molecular flexibility index (Phi) is 3.29. The highest BCUT2D eigenvalue weighted by Crippen LogP contribution is 2.48. The molecule has 1 aliphatic heterocycles. The lowest BCUT2D eigenvalue weighted by Crippen LogP contribution is -2.43. The first kappa shape index (κ1) is 12.3. The van der Waals surface area contributed by atoms with E-state index in [1.807, 2.05) is 6.92 Å². The van der Waals surface area contributed by atoms with Gasteiger partial charge in [0.15, 0.2) is 0 Å². The highest BCUT2D eigenvalue weighted by atomic mass is 32.2. The van der Waals surface area contributed by atoms with Crippen molar-refractivity contribution < 1.29 is 8.42 Å². The van der Waals surface area contributed by atoms with Crippen molar-refractivity contribution in [3.05, 3.63) is 0 Å². The summed E-state index contributed by atoms with van der Waals surface area (Å²) in [5.74, 6) is 0.282. The van der Waals surface area contributed by atoms with Crippen molar-refractivity contribution in [2.24, 2.45) is 11.1 Å². The molecule has 0 aromatic rings. The molecule has 0 radical (unpaired) electrons. The number of fused-ring (bicyclic) bond motifs is 1. The Balaban J connectivity index is 2.21. The van der Waals surface area contributed by atoms with Gasteiger partial charge < -0.3 is 5.73 Å². The lowest BCUT2D eigenvalue weighted by atomic mass is 9.83. The highest BCUT2D eigenvalue weighted by molar-refractivity contribution is 7.89. The molecule has 2 aliphatic rings. The molecule has 0 aromatic heterocycles. The Morgan fingerprint density at radius 2 is 2.19 bits per heavy atom. The van der Waals surface area contributed by atoms with E-state index in [1.165, 1.54) is 0 Å². The molecule has 0 spiro atoms. The van der Waals surface area contributed by atoms with Gasteiger partial charge in [0, 0.05) is 18.0 Å². The van der Waals surface area contributed by atoms with Crippen molar-refractivity contribution >= 4 is 10.0 Å². The van der Waals surface area contributed by atoms with Gasteiger partial charge in [0.2, 0.25) is 10.0 Å². The Hall–Kier alpha value is -0.130. The molecule has 5 heteroatoms. The third-order valence-corrected chi connectivity index (χ3v) is 6.34. The van der Waals surface area contributed by atoms with E-state index >= 15 is 0 Å². The summed E-state index contributed by atoms with van der Waals surface area (Å²) < 4.78 is 26.0. The lowest BCUT2D eigenvalue weighted by molar-refractivity contribution is 0.256. The lowest BCUT2D eigenvalue weighted by Gasteiger charge is -2.30. The summed E-state index contributed by atoms with van der Waals surface area (Å²) >= 11 is 0. The second-order valence-electron chi connectivity index (χ2n) is 5.15. The van der Waals surface area contributed by atoms with Crippen LogP contribution < -0.4 is 5.73 Å². The largest absolute Gasteiger partial charge is 0.330 e. The molecule has 2 atom stereocenters. The number of hydrogen-bond donors (Lipinski definition) is 1. The molecule has 1 heterocycles. The maximum atomic E-state index is 12.1. The summed E-state index contributed by atoms with van der Waals surface area (Å²) in [6.07, 6.45) is 4.88. The summed E-state index contributed by atoms with van der Waals surface area (Å²) in [6, 6.07) is 0.189. The van der Waals surface area contributed by atoms with Crippen molar-refractivity contribution in [2.75, 3.05) is 18.8 Å². The standard InChI is InChI=1S/C11H22N2O2S/c1-2-8-16(14,15)13-7-6-11(9-12)5-3-4-10(11)13/h10H,2-9,12H2,1H3/t10-,11-/m0/s1. The van der Waals surface area contributed by atoms with Gasteiger partial charge in [-0.05, 0) is 32.2 Å². The van der Waals surface area contributed by atoms with Crippen LogP contribution in [0.15, 0.2) is 0 Å². The average molecular weight is 246 g/mol. The second kappa shape index (κ2) is 4.27. The number of nitrogens with two attached hydrogens (primary N) is 1. The van der Waals surface area contributed by atoms with Crippen molar-refractivity contribution in [1.82, 2.24) is 4.31 Å². The van der Waals surface area contributed by atoms with E-state index in [1.54, 1.807) is 4.31 Å². The molecule has 1 saturated carbocycles. The van der Waals surface area contributed by atoms with Crippen LogP contribution in [-0.2, 0) is 10.0 Å². The summed E-state index contributed by atoms with van der Waals surface area (Å²) in [5, 5.41) is 0. The van der Waals surface area contributed by atoms with E-state index in [2.05, 4.69) is 0 Å². The molecule has 0 amide bonds. The van der Waals surface area contributed by atoms with E-state index < -0.39 is 10.0 Å². The Morgan fingerprint density at radius 1 is 1.44 bits per heavy atom. The van der Waals surface area contributed by atoms with Crippen LogP contribution in [0.2, 0.25) is 0 Å². The average Bonchev–Trinajstić information content (AvgIpc) is 2.74. The van der Waals surface area contributed by atoms with Gasteiger partial charge >= 0.3 is 0 Å². The van der Waals surface area contributed by atoms with Crippen molar-refractivity contribution in [3.63, 3.8) is 0 Å². The molecule has 2 N–H and O–H groups in total. The van der Waals surface area contributed by atoms with E-state index in [0.29, 0.717) is 19.5 Å². The van der Waals surface area contributed by atoms with E-state index in [4.69, 9.17) is 5.73 Å². The molecule has 0 bridgehead atoms. The van der Waals surface area contributed by atoms with Gasteiger partial charge in [-0.3, -0.25) is 0 Å². The van der Waals surface area contributed by atoms with Gasteiger partial charge in [-0.25, -0.2) is 8.42 Å². The van der Waals surface area contributed by atoms with E-state index in [9.17, 15) is 8.42 Å². The zero-order chi connectivity index (χ0) is 11.8. The number of nitrogens with zero attached hydrogens (tertiary/aromatic N) is 1. The molecule has 94 valence electrons. The smallest absolute Gasteiger partial charge is 0.214 e. The van der Waals surface area contributed by atoms with Crippen LogP contribution in [0.5, 0.6) is 0 Å². The fourth-order valence-corrected chi connectivity index (χ4v) is 5.23. The predicted octanol–water partition coefficient (Wildman–Crippen LogP) is 0.929. The second-order valence-corrected chi connectivity index (χ2v) is 7.19.